The molecular weight excluding hydrogens is 240 g/mol. The van der Waals surface area contributed by atoms with Crippen LogP contribution in [0, 0.1) is 0 Å². The van der Waals surface area contributed by atoms with E-state index in [4.69, 9.17) is 16.3 Å². The van der Waals surface area contributed by atoms with Gasteiger partial charge in [-0.3, -0.25) is 4.79 Å². The van der Waals surface area contributed by atoms with Gasteiger partial charge in [0.15, 0.2) is 5.78 Å². The Hall–Kier alpha value is -1.81. The Morgan fingerprint density at radius 1 is 1.47 bits per heavy atom. The Morgan fingerprint density at radius 2 is 2.24 bits per heavy atom. The highest BCUT2D eigenvalue weighted by atomic mass is 35.5. The molecule has 17 heavy (non-hydrogen) atoms. The Kier molecular flexibility index (Phi) is 3.15. The van der Waals surface area contributed by atoms with Crippen LogP contribution in [0.2, 0.25) is 5.02 Å². The number of hydrogen-bond donors (Lipinski definition) is 0. The summed E-state index contributed by atoms with van der Waals surface area (Å²) in [6.45, 7) is 1.49. The molecule has 0 radical (unpaired) electrons. The third kappa shape index (κ3) is 2.17. The molecule has 88 valence electrons. The van der Waals surface area contributed by atoms with E-state index in [1.807, 2.05) is 0 Å². The normalized spacial score (nSPS) is 10.3. The summed E-state index contributed by atoms with van der Waals surface area (Å²) in [6, 6.07) is 5.34. The van der Waals surface area contributed by atoms with Gasteiger partial charge in [0.25, 0.3) is 0 Å². The number of benzene rings is 1. The summed E-state index contributed by atoms with van der Waals surface area (Å²) in [5.74, 6) is 0.450. The topological polar surface area (TPSA) is 44.1 Å². The number of methoxy groups -OCH3 is 1. The van der Waals surface area contributed by atoms with Gasteiger partial charge in [0.1, 0.15) is 5.75 Å². The SMILES string of the molecule is COc1cccc(-n2cc(Cl)cn2)c1C(C)=O. The van der Waals surface area contributed by atoms with Crippen molar-refractivity contribution in [3.63, 3.8) is 0 Å². The van der Waals surface area contributed by atoms with E-state index >= 15 is 0 Å². The van der Waals surface area contributed by atoms with Crippen molar-refractivity contribution in [3.8, 4) is 11.4 Å². The first-order chi connectivity index (χ1) is 8.13. The number of ether oxygens (including phenoxy) is 1. The van der Waals surface area contributed by atoms with Gasteiger partial charge in [0, 0.05) is 6.20 Å². The number of aromatic nitrogens is 2. The number of nitrogens with zero attached hydrogens (tertiary/aromatic N) is 2. The van der Waals surface area contributed by atoms with Crippen LogP contribution in [0.3, 0.4) is 0 Å². The third-order valence-electron chi connectivity index (χ3n) is 2.37. The molecule has 0 saturated carbocycles. The average Bonchev–Trinajstić information content (AvgIpc) is 2.74. The molecule has 4 nitrogen and oxygen atoms in total. The van der Waals surface area contributed by atoms with Crippen LogP contribution in [0.5, 0.6) is 5.75 Å². The van der Waals surface area contributed by atoms with Crippen LogP contribution < -0.4 is 4.74 Å². The van der Waals surface area contributed by atoms with Crippen molar-refractivity contribution < 1.29 is 9.53 Å². The Bertz CT molecular complexity index is 563. The van der Waals surface area contributed by atoms with E-state index in [9.17, 15) is 4.79 Å². The molecule has 5 heteroatoms. The van der Waals surface area contributed by atoms with E-state index < -0.39 is 0 Å². The highest BCUT2D eigenvalue weighted by Gasteiger charge is 2.15. The second-order valence-electron chi connectivity index (χ2n) is 3.51. The lowest BCUT2D eigenvalue weighted by atomic mass is 10.1. The van der Waals surface area contributed by atoms with Crippen molar-refractivity contribution in [2.75, 3.05) is 7.11 Å². The van der Waals surface area contributed by atoms with Crippen LogP contribution in [0.25, 0.3) is 5.69 Å². The zero-order valence-electron chi connectivity index (χ0n) is 9.48. The molecule has 0 aliphatic heterocycles. The summed E-state index contributed by atoms with van der Waals surface area (Å²) in [5, 5.41) is 4.60. The molecule has 0 spiro atoms. The molecule has 0 aliphatic carbocycles. The van der Waals surface area contributed by atoms with Crippen molar-refractivity contribution in [1.29, 1.82) is 0 Å². The van der Waals surface area contributed by atoms with Gasteiger partial charge in [-0.2, -0.15) is 5.10 Å². The standard InChI is InChI=1S/C12H11ClN2O2/c1-8(16)12-10(4-3-5-11(12)17-2)15-7-9(13)6-14-15/h3-7H,1-2H3. The van der Waals surface area contributed by atoms with Gasteiger partial charge in [-0.25, -0.2) is 4.68 Å². The minimum atomic E-state index is -0.0796. The summed E-state index contributed by atoms with van der Waals surface area (Å²) in [4.78, 5) is 11.7. The summed E-state index contributed by atoms with van der Waals surface area (Å²) >= 11 is 5.82. The third-order valence-corrected chi connectivity index (χ3v) is 2.57. The van der Waals surface area contributed by atoms with Crippen molar-refractivity contribution in [3.05, 3.63) is 41.2 Å². The molecule has 1 aromatic carbocycles. The fourth-order valence-corrected chi connectivity index (χ4v) is 1.80. The minimum absolute atomic E-state index is 0.0796. The molecular formula is C12H11ClN2O2. The van der Waals surface area contributed by atoms with Crippen LogP contribution in [0.4, 0.5) is 0 Å². The van der Waals surface area contributed by atoms with E-state index in [1.165, 1.54) is 20.2 Å². The van der Waals surface area contributed by atoms with Crippen molar-refractivity contribution in [2.24, 2.45) is 0 Å². The number of hydrogen-bond acceptors (Lipinski definition) is 3. The van der Waals surface area contributed by atoms with Gasteiger partial charge >= 0.3 is 0 Å². The molecule has 2 aromatic rings. The van der Waals surface area contributed by atoms with Crippen LogP contribution in [0.1, 0.15) is 17.3 Å². The molecule has 0 N–H and O–H groups in total. The smallest absolute Gasteiger partial charge is 0.165 e. The molecule has 0 bridgehead atoms. The molecule has 0 saturated heterocycles. The predicted octanol–water partition coefficient (Wildman–Crippen LogP) is 2.74. The van der Waals surface area contributed by atoms with Crippen molar-refractivity contribution >= 4 is 17.4 Å². The number of carbonyl (C=O) groups excluding carboxylic acids is 1. The second kappa shape index (κ2) is 4.59. The molecule has 0 amide bonds. The van der Waals surface area contributed by atoms with Crippen LogP contribution in [-0.2, 0) is 0 Å². The van der Waals surface area contributed by atoms with E-state index in [1.54, 1.807) is 29.1 Å². The summed E-state index contributed by atoms with van der Waals surface area (Å²) in [5.41, 5.74) is 1.15. The molecule has 2 rings (SSSR count). The molecule has 0 atom stereocenters. The molecule has 0 fully saturated rings. The van der Waals surface area contributed by atoms with E-state index in [0.29, 0.717) is 22.0 Å². The first kappa shape index (κ1) is 11.7. The van der Waals surface area contributed by atoms with E-state index in [-0.39, 0.29) is 5.78 Å². The minimum Gasteiger partial charge on any atom is -0.496 e. The van der Waals surface area contributed by atoms with E-state index in [0.717, 1.165) is 0 Å². The summed E-state index contributed by atoms with van der Waals surface area (Å²) in [6.07, 6.45) is 3.16. The second-order valence-corrected chi connectivity index (χ2v) is 3.95. The van der Waals surface area contributed by atoms with Gasteiger partial charge in [-0.05, 0) is 19.1 Å². The van der Waals surface area contributed by atoms with Gasteiger partial charge < -0.3 is 4.74 Å². The number of Topliss-reactive ketones (excluding diaryl/α,β-unsaturated/α-hetero) is 1. The summed E-state index contributed by atoms with van der Waals surface area (Å²) in [7, 11) is 1.53. The molecule has 0 unspecified atom stereocenters. The number of rotatable bonds is 3. The van der Waals surface area contributed by atoms with Crippen LogP contribution in [0.15, 0.2) is 30.6 Å². The zero-order valence-corrected chi connectivity index (χ0v) is 10.2. The predicted molar refractivity (Wildman–Crippen MR) is 65.1 cm³/mol. The number of ketones is 1. The lowest BCUT2D eigenvalue weighted by molar-refractivity contribution is 0.101. The van der Waals surface area contributed by atoms with Crippen LogP contribution in [-0.4, -0.2) is 22.7 Å². The Morgan fingerprint density at radius 3 is 2.76 bits per heavy atom. The maximum atomic E-state index is 11.7. The van der Waals surface area contributed by atoms with E-state index in [2.05, 4.69) is 5.10 Å². The quantitative estimate of drug-likeness (QED) is 0.787. The zero-order chi connectivity index (χ0) is 12.4. The van der Waals surface area contributed by atoms with Crippen molar-refractivity contribution in [1.82, 2.24) is 9.78 Å². The maximum Gasteiger partial charge on any atom is 0.165 e. The first-order valence-electron chi connectivity index (χ1n) is 5.02. The van der Waals surface area contributed by atoms with Gasteiger partial charge in [0.2, 0.25) is 0 Å². The van der Waals surface area contributed by atoms with Gasteiger partial charge in [-0.1, -0.05) is 17.7 Å². The highest BCUT2D eigenvalue weighted by molar-refractivity contribution is 6.30. The maximum absolute atomic E-state index is 11.7. The molecule has 0 aliphatic rings. The lowest BCUT2D eigenvalue weighted by Crippen LogP contribution is -2.06. The summed E-state index contributed by atoms with van der Waals surface area (Å²) < 4.78 is 6.74. The monoisotopic (exact) mass is 250 g/mol. The van der Waals surface area contributed by atoms with Gasteiger partial charge in [-0.15, -0.1) is 0 Å². The van der Waals surface area contributed by atoms with Gasteiger partial charge in [0.05, 0.1) is 29.6 Å². The number of carbonyl (C=O) groups is 1. The molecule has 1 aromatic heterocycles. The lowest BCUT2D eigenvalue weighted by Gasteiger charge is -2.11. The Balaban J connectivity index is 2.65. The first-order valence-corrected chi connectivity index (χ1v) is 5.39. The van der Waals surface area contributed by atoms with Crippen molar-refractivity contribution in [2.45, 2.75) is 6.92 Å². The highest BCUT2D eigenvalue weighted by Crippen LogP contribution is 2.26. The van der Waals surface area contributed by atoms with Crippen LogP contribution >= 0.6 is 11.6 Å². The number of halogens is 1. The fourth-order valence-electron chi connectivity index (χ4n) is 1.67. The molecule has 1 heterocycles. The largest absolute Gasteiger partial charge is 0.496 e. The average molecular weight is 251 g/mol. The fraction of sp³-hybridized carbons (Fsp3) is 0.167. The Labute approximate surface area is 104 Å².